The van der Waals surface area contributed by atoms with Crippen LogP contribution in [0.3, 0.4) is 0 Å². The zero-order valence-electron chi connectivity index (χ0n) is 14.4. The van der Waals surface area contributed by atoms with Crippen molar-refractivity contribution < 1.29 is 9.53 Å². The number of nitrogens with one attached hydrogen (secondary N) is 1. The Balaban J connectivity index is 1.67. The van der Waals surface area contributed by atoms with Crippen LogP contribution in [-0.4, -0.2) is 25.2 Å². The smallest absolute Gasteiger partial charge is 0.227 e. The molecule has 1 unspecified atom stereocenters. The van der Waals surface area contributed by atoms with Gasteiger partial charge in [-0.2, -0.15) is 0 Å². The minimum Gasteiger partial charge on any atom is -0.376 e. The minimum absolute atomic E-state index is 0.0797. The summed E-state index contributed by atoms with van der Waals surface area (Å²) >= 11 is 0. The maximum Gasteiger partial charge on any atom is 0.227 e. The Labute approximate surface area is 144 Å². The molecule has 24 heavy (non-hydrogen) atoms. The second kappa shape index (κ2) is 7.18. The molecule has 0 saturated carbocycles. The second-order valence-corrected chi connectivity index (χ2v) is 6.60. The van der Waals surface area contributed by atoms with Crippen LogP contribution >= 0.6 is 0 Å². The number of amides is 1. The van der Waals surface area contributed by atoms with Crippen molar-refractivity contribution >= 4 is 5.91 Å². The van der Waals surface area contributed by atoms with E-state index >= 15 is 0 Å². The Hall–Kier alpha value is -2.13. The molecule has 0 spiro atoms. The number of carbonyl (C=O) groups excluding carboxylic acids is 1. The highest BCUT2D eigenvalue weighted by Gasteiger charge is 2.37. The first kappa shape index (κ1) is 16.7. The fraction of sp³-hybridized carbons (Fsp3) is 0.381. The average molecular weight is 323 g/mol. The van der Waals surface area contributed by atoms with Gasteiger partial charge in [0.25, 0.3) is 0 Å². The lowest BCUT2D eigenvalue weighted by Gasteiger charge is -2.28. The molecule has 3 heteroatoms. The number of ether oxygens (including phenoxy) is 1. The zero-order valence-corrected chi connectivity index (χ0v) is 14.4. The molecule has 1 aliphatic carbocycles. The molecule has 1 aliphatic rings. The van der Waals surface area contributed by atoms with Crippen LogP contribution in [0.2, 0.25) is 0 Å². The van der Waals surface area contributed by atoms with Gasteiger partial charge in [0.2, 0.25) is 5.91 Å². The highest BCUT2D eigenvalue weighted by molar-refractivity contribution is 5.83. The number of benzene rings is 2. The van der Waals surface area contributed by atoms with Gasteiger partial charge in [-0.15, -0.1) is 0 Å². The van der Waals surface area contributed by atoms with E-state index in [4.69, 9.17) is 4.74 Å². The molecule has 3 rings (SSSR count). The first-order chi connectivity index (χ1) is 11.7. The maximum atomic E-state index is 12.7. The van der Waals surface area contributed by atoms with E-state index in [2.05, 4.69) is 36.5 Å². The largest absolute Gasteiger partial charge is 0.376 e. The molecule has 0 bridgehead atoms. The van der Waals surface area contributed by atoms with Crippen molar-refractivity contribution in [2.75, 3.05) is 13.7 Å². The third-order valence-electron chi connectivity index (χ3n) is 5.09. The molecule has 3 nitrogen and oxygen atoms in total. The Morgan fingerprint density at radius 3 is 2.21 bits per heavy atom. The summed E-state index contributed by atoms with van der Waals surface area (Å²) < 4.78 is 5.84. The third kappa shape index (κ3) is 3.36. The van der Waals surface area contributed by atoms with E-state index in [1.54, 1.807) is 7.11 Å². The fourth-order valence-corrected chi connectivity index (χ4v) is 3.63. The summed E-state index contributed by atoms with van der Waals surface area (Å²) in [4.78, 5) is 12.7. The maximum absolute atomic E-state index is 12.7. The molecule has 1 N–H and O–H groups in total. The van der Waals surface area contributed by atoms with E-state index in [1.165, 1.54) is 11.1 Å². The first-order valence-electron chi connectivity index (χ1n) is 8.62. The van der Waals surface area contributed by atoms with Gasteiger partial charge in [-0.25, -0.2) is 0 Å². The molecule has 1 atom stereocenters. The van der Waals surface area contributed by atoms with Crippen molar-refractivity contribution in [3.63, 3.8) is 0 Å². The molecule has 2 aromatic carbocycles. The van der Waals surface area contributed by atoms with Gasteiger partial charge in [0, 0.05) is 26.5 Å². The lowest BCUT2D eigenvalue weighted by atomic mass is 9.94. The third-order valence-corrected chi connectivity index (χ3v) is 5.09. The van der Waals surface area contributed by atoms with Gasteiger partial charge in [-0.05, 0) is 23.1 Å². The Morgan fingerprint density at radius 2 is 1.67 bits per heavy atom. The summed E-state index contributed by atoms with van der Waals surface area (Å²) in [5.74, 6) is -0.0278. The second-order valence-electron chi connectivity index (χ2n) is 6.60. The zero-order chi connectivity index (χ0) is 17.0. The van der Waals surface area contributed by atoms with Gasteiger partial charge in [-0.3, -0.25) is 4.79 Å². The number of hydrogen-bond donors (Lipinski definition) is 1. The number of methoxy groups -OCH3 is 1. The molecule has 126 valence electrons. The van der Waals surface area contributed by atoms with E-state index in [-0.39, 0.29) is 17.4 Å². The van der Waals surface area contributed by atoms with Gasteiger partial charge >= 0.3 is 0 Å². The highest BCUT2D eigenvalue weighted by Crippen LogP contribution is 2.32. The van der Waals surface area contributed by atoms with E-state index in [9.17, 15) is 4.79 Å². The van der Waals surface area contributed by atoms with Crippen LogP contribution in [0, 0.1) is 0 Å². The molecule has 0 radical (unpaired) electrons. The summed E-state index contributed by atoms with van der Waals surface area (Å²) in [5, 5.41) is 3.14. The van der Waals surface area contributed by atoms with Crippen LogP contribution < -0.4 is 5.32 Å². The molecule has 0 aromatic heterocycles. The molecule has 0 saturated heterocycles. The van der Waals surface area contributed by atoms with Crippen molar-refractivity contribution in [2.45, 2.75) is 37.7 Å². The van der Waals surface area contributed by atoms with Gasteiger partial charge in [0.05, 0.1) is 11.5 Å². The summed E-state index contributed by atoms with van der Waals surface area (Å²) in [6.45, 7) is 2.59. The first-order valence-corrected chi connectivity index (χ1v) is 8.62. The molecule has 2 aromatic rings. The average Bonchev–Trinajstić information content (AvgIpc) is 3.01. The van der Waals surface area contributed by atoms with Gasteiger partial charge in [0.1, 0.15) is 0 Å². The quantitative estimate of drug-likeness (QED) is 0.884. The van der Waals surface area contributed by atoms with Crippen LogP contribution in [0.4, 0.5) is 0 Å². The van der Waals surface area contributed by atoms with Crippen LogP contribution in [0.5, 0.6) is 0 Å². The molecular weight excluding hydrogens is 298 g/mol. The van der Waals surface area contributed by atoms with E-state index in [0.717, 1.165) is 24.8 Å². The number of hydrogen-bond acceptors (Lipinski definition) is 2. The molecule has 0 heterocycles. The fourth-order valence-electron chi connectivity index (χ4n) is 3.63. The van der Waals surface area contributed by atoms with Crippen LogP contribution in [0.1, 0.15) is 36.0 Å². The summed E-state index contributed by atoms with van der Waals surface area (Å²) in [5.41, 5.74) is 3.39. The van der Waals surface area contributed by atoms with Crippen LogP contribution in [-0.2, 0) is 22.4 Å². The van der Waals surface area contributed by atoms with Crippen molar-refractivity contribution in [3.8, 4) is 0 Å². The molecule has 0 aliphatic heterocycles. The molecule has 1 amide bonds. The monoisotopic (exact) mass is 323 g/mol. The Bertz CT molecular complexity index is 671. The van der Waals surface area contributed by atoms with Crippen molar-refractivity contribution in [1.82, 2.24) is 5.32 Å². The minimum atomic E-state index is -0.325. The van der Waals surface area contributed by atoms with Gasteiger partial charge in [-0.1, -0.05) is 61.5 Å². The number of carbonyl (C=O) groups is 1. The van der Waals surface area contributed by atoms with Crippen molar-refractivity contribution in [2.24, 2.45) is 0 Å². The summed E-state index contributed by atoms with van der Waals surface area (Å²) in [6.07, 6.45) is 2.49. The number of fused-ring (bicyclic) bond motifs is 1. The molecule has 0 fully saturated rings. The SMILES string of the molecule is CCC(C(=O)NCC1(OC)Cc2ccccc2C1)c1ccccc1. The van der Waals surface area contributed by atoms with E-state index in [0.29, 0.717) is 6.54 Å². The lowest BCUT2D eigenvalue weighted by molar-refractivity contribution is -0.124. The van der Waals surface area contributed by atoms with Gasteiger partial charge < -0.3 is 10.1 Å². The standard InChI is InChI=1S/C21H25NO2/c1-3-19(16-9-5-4-6-10-16)20(23)22-15-21(24-2)13-17-11-7-8-12-18(17)14-21/h4-12,19H,3,13-15H2,1-2H3,(H,22,23). The van der Waals surface area contributed by atoms with E-state index < -0.39 is 0 Å². The summed E-state index contributed by atoms with van der Waals surface area (Å²) in [7, 11) is 1.74. The van der Waals surface area contributed by atoms with Crippen LogP contribution in [0.15, 0.2) is 54.6 Å². The van der Waals surface area contributed by atoms with Crippen molar-refractivity contribution in [1.29, 1.82) is 0 Å². The highest BCUT2D eigenvalue weighted by atomic mass is 16.5. The Morgan fingerprint density at radius 1 is 1.08 bits per heavy atom. The van der Waals surface area contributed by atoms with Crippen LogP contribution in [0.25, 0.3) is 0 Å². The predicted molar refractivity (Wildman–Crippen MR) is 96.1 cm³/mol. The number of rotatable bonds is 6. The van der Waals surface area contributed by atoms with Gasteiger partial charge in [0.15, 0.2) is 0 Å². The summed E-state index contributed by atoms with van der Waals surface area (Å²) in [6, 6.07) is 18.4. The topological polar surface area (TPSA) is 38.3 Å². The lowest BCUT2D eigenvalue weighted by Crippen LogP contribution is -2.46. The normalized spacial score (nSPS) is 16.4. The van der Waals surface area contributed by atoms with Crippen molar-refractivity contribution in [3.05, 3.63) is 71.3 Å². The van der Waals surface area contributed by atoms with E-state index in [1.807, 2.05) is 30.3 Å². The predicted octanol–water partition coefficient (Wildman–Crippen LogP) is 3.48. The molecular formula is C21H25NO2. The Kier molecular flexibility index (Phi) is 5.00.